The highest BCUT2D eigenvalue weighted by Crippen LogP contribution is 2.32. The van der Waals surface area contributed by atoms with Gasteiger partial charge >= 0.3 is 5.30 Å². The number of hydrogen-bond donors (Lipinski definition) is 0. The minimum absolute atomic E-state index is 0.229. The molecule has 1 aliphatic heterocycles. The highest BCUT2D eigenvalue weighted by Gasteiger charge is 2.25. The SMILES string of the molecule is CCOC(=O)SC1=N/C(=C/c2ccc(Cl)c(Cl)c2)C(=O)S1. The van der Waals surface area contributed by atoms with Gasteiger partial charge < -0.3 is 4.74 Å². The second-order valence-electron chi connectivity index (χ2n) is 3.76. The molecule has 21 heavy (non-hydrogen) atoms. The Morgan fingerprint density at radius 1 is 1.43 bits per heavy atom. The van der Waals surface area contributed by atoms with E-state index < -0.39 is 5.30 Å². The molecule has 0 fully saturated rings. The van der Waals surface area contributed by atoms with E-state index in [9.17, 15) is 9.59 Å². The fourth-order valence-corrected chi connectivity index (χ4v) is 3.29. The average molecular weight is 362 g/mol. The molecule has 8 heteroatoms. The predicted octanol–water partition coefficient (Wildman–Crippen LogP) is 4.85. The first-order valence-electron chi connectivity index (χ1n) is 5.82. The molecular formula is C13H9Cl2NO3S2. The Balaban J connectivity index is 2.17. The van der Waals surface area contributed by atoms with Gasteiger partial charge in [0.05, 0.1) is 16.7 Å². The molecule has 1 aromatic rings. The minimum atomic E-state index is -0.479. The normalized spacial score (nSPS) is 16.2. The fourth-order valence-electron chi connectivity index (χ4n) is 1.41. The van der Waals surface area contributed by atoms with E-state index in [1.54, 1.807) is 31.2 Å². The van der Waals surface area contributed by atoms with Crippen LogP contribution in [0.25, 0.3) is 6.08 Å². The first kappa shape index (κ1) is 16.4. The van der Waals surface area contributed by atoms with Crippen LogP contribution in [-0.4, -0.2) is 21.4 Å². The van der Waals surface area contributed by atoms with Crippen LogP contribution in [0.1, 0.15) is 12.5 Å². The van der Waals surface area contributed by atoms with Gasteiger partial charge in [0.2, 0.25) is 5.12 Å². The lowest BCUT2D eigenvalue weighted by Crippen LogP contribution is -1.98. The van der Waals surface area contributed by atoms with Crippen LogP contribution < -0.4 is 0 Å². The Kier molecular flexibility index (Phi) is 5.75. The summed E-state index contributed by atoms with van der Waals surface area (Å²) in [6.45, 7) is 1.99. The summed E-state index contributed by atoms with van der Waals surface area (Å²) >= 11 is 13.4. The van der Waals surface area contributed by atoms with Gasteiger partial charge in [-0.1, -0.05) is 29.3 Å². The Labute approximate surface area is 139 Å². The summed E-state index contributed by atoms with van der Waals surface area (Å²) in [6, 6.07) is 5.01. The van der Waals surface area contributed by atoms with E-state index >= 15 is 0 Å². The van der Waals surface area contributed by atoms with E-state index in [4.69, 9.17) is 27.9 Å². The number of carbonyl (C=O) groups is 2. The maximum atomic E-state index is 11.8. The molecule has 0 aliphatic carbocycles. The lowest BCUT2D eigenvalue weighted by atomic mass is 10.2. The van der Waals surface area contributed by atoms with Crippen molar-refractivity contribution in [3.8, 4) is 0 Å². The molecule has 0 saturated carbocycles. The summed E-state index contributed by atoms with van der Waals surface area (Å²) in [5.41, 5.74) is 0.963. The van der Waals surface area contributed by atoms with Crippen molar-refractivity contribution in [2.24, 2.45) is 4.99 Å². The Morgan fingerprint density at radius 2 is 2.19 bits per heavy atom. The molecule has 0 radical (unpaired) electrons. The van der Waals surface area contributed by atoms with Gasteiger partial charge in [0.1, 0.15) is 10.1 Å². The van der Waals surface area contributed by atoms with E-state index in [2.05, 4.69) is 4.99 Å². The van der Waals surface area contributed by atoms with Crippen LogP contribution in [0.4, 0.5) is 4.79 Å². The van der Waals surface area contributed by atoms with Crippen LogP contribution in [-0.2, 0) is 9.53 Å². The van der Waals surface area contributed by atoms with Gasteiger partial charge in [-0.3, -0.25) is 4.79 Å². The number of carbonyl (C=O) groups excluding carboxylic acids is 2. The van der Waals surface area contributed by atoms with Gasteiger partial charge in [0.15, 0.2) is 0 Å². The number of rotatable bonds is 2. The zero-order valence-corrected chi connectivity index (χ0v) is 13.9. The van der Waals surface area contributed by atoms with Gasteiger partial charge in [0, 0.05) is 11.8 Å². The maximum absolute atomic E-state index is 11.8. The number of nitrogens with zero attached hydrogens (tertiary/aromatic N) is 1. The highest BCUT2D eigenvalue weighted by molar-refractivity contribution is 8.49. The van der Waals surface area contributed by atoms with Gasteiger partial charge in [-0.2, -0.15) is 0 Å². The maximum Gasteiger partial charge on any atom is 0.374 e. The van der Waals surface area contributed by atoms with Gasteiger partial charge in [-0.15, -0.1) is 0 Å². The fraction of sp³-hybridized carbons (Fsp3) is 0.154. The standard InChI is InChI=1S/C13H9Cl2NO3S2/c1-2-19-13(18)21-12-16-10(11(17)20-12)6-7-3-4-8(14)9(15)5-7/h3-6H,2H2,1H3/b10-6+. The third kappa shape index (κ3) is 4.51. The number of thioether (sulfide) groups is 2. The van der Waals surface area contributed by atoms with Crippen molar-refractivity contribution in [1.82, 2.24) is 0 Å². The van der Waals surface area contributed by atoms with Crippen LogP contribution in [0.2, 0.25) is 10.0 Å². The molecule has 0 amide bonds. The number of benzene rings is 1. The monoisotopic (exact) mass is 361 g/mol. The summed E-state index contributed by atoms with van der Waals surface area (Å²) in [6.07, 6.45) is 1.59. The third-order valence-electron chi connectivity index (χ3n) is 2.28. The molecule has 0 saturated heterocycles. The summed E-state index contributed by atoms with van der Waals surface area (Å²) < 4.78 is 5.14. The van der Waals surface area contributed by atoms with E-state index in [1.165, 1.54) is 0 Å². The van der Waals surface area contributed by atoms with Crippen molar-refractivity contribution >= 4 is 67.6 Å². The molecule has 0 spiro atoms. The Morgan fingerprint density at radius 3 is 2.86 bits per heavy atom. The Bertz CT molecular complexity index is 659. The first-order valence-corrected chi connectivity index (χ1v) is 8.20. The quantitative estimate of drug-likeness (QED) is 0.556. The Hall–Kier alpha value is -0.950. The number of halogens is 2. The van der Waals surface area contributed by atoms with E-state index in [1.807, 2.05) is 0 Å². The average Bonchev–Trinajstić information content (AvgIpc) is 2.74. The lowest BCUT2D eigenvalue weighted by molar-refractivity contribution is -0.107. The zero-order valence-electron chi connectivity index (χ0n) is 10.8. The molecule has 0 aromatic heterocycles. The van der Waals surface area contributed by atoms with Crippen LogP contribution in [0.3, 0.4) is 0 Å². The molecule has 1 aromatic carbocycles. The topological polar surface area (TPSA) is 55.7 Å². The van der Waals surface area contributed by atoms with Crippen molar-refractivity contribution in [2.45, 2.75) is 6.92 Å². The largest absolute Gasteiger partial charge is 0.458 e. The van der Waals surface area contributed by atoms with E-state index in [0.29, 0.717) is 20.0 Å². The summed E-state index contributed by atoms with van der Waals surface area (Å²) in [7, 11) is 0. The van der Waals surface area contributed by atoms with E-state index in [-0.39, 0.29) is 17.4 Å². The summed E-state index contributed by atoms with van der Waals surface area (Å²) in [5, 5.41) is 0.127. The zero-order chi connectivity index (χ0) is 15.4. The molecule has 4 nitrogen and oxygen atoms in total. The molecule has 1 aliphatic rings. The second-order valence-corrected chi connectivity index (χ2v) is 6.71. The summed E-state index contributed by atoms with van der Waals surface area (Å²) in [4.78, 5) is 27.3. The first-order chi connectivity index (χ1) is 9.99. The number of hydrogen-bond acceptors (Lipinski definition) is 6. The van der Waals surface area contributed by atoms with Crippen molar-refractivity contribution in [2.75, 3.05) is 6.61 Å². The molecule has 0 atom stereocenters. The molecule has 0 bridgehead atoms. The van der Waals surface area contributed by atoms with Gasteiger partial charge in [-0.25, -0.2) is 9.79 Å². The van der Waals surface area contributed by atoms with Gasteiger partial charge in [0.25, 0.3) is 0 Å². The van der Waals surface area contributed by atoms with Crippen LogP contribution in [0, 0.1) is 0 Å². The predicted molar refractivity (Wildman–Crippen MR) is 89.1 cm³/mol. The smallest absolute Gasteiger partial charge is 0.374 e. The summed E-state index contributed by atoms with van der Waals surface area (Å²) in [5.74, 6) is 0. The minimum Gasteiger partial charge on any atom is -0.458 e. The molecule has 110 valence electrons. The lowest BCUT2D eigenvalue weighted by Gasteiger charge is -1.98. The van der Waals surface area contributed by atoms with Crippen molar-refractivity contribution in [1.29, 1.82) is 0 Å². The molecule has 2 rings (SSSR count). The number of ether oxygens (including phenoxy) is 1. The van der Waals surface area contributed by atoms with Crippen LogP contribution in [0.15, 0.2) is 28.9 Å². The van der Waals surface area contributed by atoms with Crippen molar-refractivity contribution in [3.05, 3.63) is 39.5 Å². The molecule has 0 N–H and O–H groups in total. The van der Waals surface area contributed by atoms with Gasteiger partial charge in [-0.05, 0) is 42.5 Å². The molecular weight excluding hydrogens is 353 g/mol. The second kappa shape index (κ2) is 7.35. The van der Waals surface area contributed by atoms with Crippen LogP contribution in [0.5, 0.6) is 0 Å². The van der Waals surface area contributed by atoms with Crippen molar-refractivity contribution < 1.29 is 14.3 Å². The van der Waals surface area contributed by atoms with E-state index in [0.717, 1.165) is 23.5 Å². The highest BCUT2D eigenvalue weighted by atomic mass is 35.5. The number of aliphatic imine (C=N–C) groups is 1. The van der Waals surface area contributed by atoms with Crippen molar-refractivity contribution in [3.63, 3.8) is 0 Å². The van der Waals surface area contributed by atoms with Crippen LogP contribution >= 0.6 is 46.7 Å². The molecule has 1 heterocycles. The molecule has 0 unspecified atom stereocenters. The third-order valence-corrected chi connectivity index (χ3v) is 4.73.